The van der Waals surface area contributed by atoms with Crippen molar-refractivity contribution < 1.29 is 0 Å². The Kier molecular flexibility index (Phi) is 7.84. The molecule has 0 unspecified atom stereocenters. The summed E-state index contributed by atoms with van der Waals surface area (Å²) < 4.78 is 0. The first-order chi connectivity index (χ1) is 18.3. The molecule has 8 bridgehead atoms. The first-order valence-corrected chi connectivity index (χ1v) is 14.4. The van der Waals surface area contributed by atoms with E-state index in [2.05, 4.69) is 132 Å². The topological polar surface area (TPSA) is 54.0 Å². The van der Waals surface area contributed by atoms with Gasteiger partial charge in [-0.2, -0.15) is 0 Å². The van der Waals surface area contributed by atoms with E-state index in [1.165, 1.54) is 22.3 Å². The minimum absolute atomic E-state index is 0. The summed E-state index contributed by atoms with van der Waals surface area (Å²) in [5.74, 6) is 0. The van der Waals surface area contributed by atoms with E-state index in [0.717, 1.165) is 44.8 Å². The van der Waals surface area contributed by atoms with E-state index in [9.17, 15) is 0 Å². The zero-order chi connectivity index (χ0) is 29.4. The number of rotatable bonds is 0. The van der Waals surface area contributed by atoms with Gasteiger partial charge in [-0.1, -0.05) is 125 Å². The van der Waals surface area contributed by atoms with Crippen LogP contribution in [0.4, 0.5) is 0 Å². The van der Waals surface area contributed by atoms with Gasteiger partial charge in [0.1, 0.15) is 0 Å². The van der Waals surface area contributed by atoms with E-state index in [-0.39, 0.29) is 44.7 Å². The molecule has 0 atom stereocenters. The molecule has 0 spiro atoms. The Bertz CT molecular complexity index is 1720. The molecule has 0 amide bonds. The number of allylic oxidation sites excluding steroid dienone is 2. The van der Waals surface area contributed by atoms with Crippen molar-refractivity contribution in [3.05, 3.63) is 70.3 Å². The second kappa shape index (κ2) is 10.3. The second-order valence-electron chi connectivity index (χ2n) is 15.5. The van der Waals surface area contributed by atoms with Gasteiger partial charge in [-0.25, -0.2) is 9.97 Å². The minimum Gasteiger partial charge on any atom is -0.658 e. The first kappa shape index (κ1) is 31.3. The molecule has 0 aliphatic carbocycles. The molecule has 2 aliphatic heterocycles. The average Bonchev–Trinajstić information content (AvgIpc) is 3.53. The maximum absolute atomic E-state index is 5.12. The molecule has 5 heterocycles. The molecule has 41 heavy (non-hydrogen) atoms. The van der Waals surface area contributed by atoms with Crippen molar-refractivity contribution in [2.75, 3.05) is 0 Å². The van der Waals surface area contributed by atoms with Crippen molar-refractivity contribution in [2.24, 2.45) is 10.8 Å². The third kappa shape index (κ3) is 6.41. The Labute approximate surface area is 262 Å². The molecule has 5 rings (SSSR count). The van der Waals surface area contributed by atoms with Gasteiger partial charge in [0.25, 0.3) is 0 Å². The third-order valence-corrected chi connectivity index (χ3v) is 7.64. The summed E-state index contributed by atoms with van der Waals surface area (Å²) >= 11 is 0. The van der Waals surface area contributed by atoms with Gasteiger partial charge in [-0.15, -0.1) is 22.1 Å². The quantitative estimate of drug-likeness (QED) is 0.259. The van der Waals surface area contributed by atoms with Crippen LogP contribution in [-0.2, 0) is 10.8 Å². The van der Waals surface area contributed by atoms with Crippen LogP contribution in [0.1, 0.15) is 117 Å². The molecule has 0 radical (unpaired) electrons. The summed E-state index contributed by atoms with van der Waals surface area (Å²) in [6, 6.07) is 13.0. The molecule has 0 N–H and O–H groups in total. The Morgan fingerprint density at radius 2 is 0.854 bits per heavy atom. The van der Waals surface area contributed by atoms with Crippen LogP contribution in [-0.4, -0.2) is 33.0 Å². The molecular formula is C36H44MgN4. The summed E-state index contributed by atoms with van der Waals surface area (Å²) in [6.07, 6.45) is 4.44. The Morgan fingerprint density at radius 1 is 0.463 bits per heavy atom. The third-order valence-electron chi connectivity index (χ3n) is 7.64. The van der Waals surface area contributed by atoms with Crippen molar-refractivity contribution in [2.45, 2.75) is 93.9 Å². The predicted molar refractivity (Wildman–Crippen MR) is 177 cm³/mol. The zero-order valence-electron chi connectivity index (χ0n) is 27.1. The average molecular weight is 557 g/mol. The van der Waals surface area contributed by atoms with E-state index in [1.54, 1.807) is 0 Å². The molecular weight excluding hydrogens is 513 g/mol. The maximum atomic E-state index is 5.12. The van der Waals surface area contributed by atoms with Crippen LogP contribution in [0.3, 0.4) is 0 Å². The molecule has 5 heteroatoms. The fourth-order valence-electron chi connectivity index (χ4n) is 5.51. The monoisotopic (exact) mass is 556 g/mol. The normalized spacial score (nSPS) is 14.4. The standard InChI is InChI=1S/C36H44N4.Mg/c1-33(2,3)25-13-21-18-30-27(35(7,8)9)15-23(39-30)20-32-28(36(10,11)12)16-24(40-32)19-31-26(34(4,5)6)14-22(38-31)17-29(25)37-21;/h13-20H,1-12H3;/q-2;+2. The van der Waals surface area contributed by atoms with Gasteiger partial charge >= 0.3 is 23.1 Å². The number of fused-ring (bicyclic) bond motifs is 8. The SMILES string of the molecule is CC(C)(C)C1=Cc2cc3[n-]c(cc3C(C)(C)C)cc3[n-]c(cc4nc(cc1n2)C=C4C(C)(C)C)cc3C(C)(C)C.[Mg+2]. The fourth-order valence-corrected chi connectivity index (χ4v) is 5.51. The number of hydrogen-bond acceptors (Lipinski definition) is 2. The summed E-state index contributed by atoms with van der Waals surface area (Å²) in [7, 11) is 0. The van der Waals surface area contributed by atoms with Crippen LogP contribution in [0, 0.1) is 10.8 Å². The van der Waals surface area contributed by atoms with E-state index in [4.69, 9.17) is 19.9 Å². The summed E-state index contributed by atoms with van der Waals surface area (Å²) in [6.45, 7) is 26.9. The fraction of sp³-hybridized carbons (Fsp3) is 0.444. The molecule has 3 aromatic heterocycles. The zero-order valence-corrected chi connectivity index (χ0v) is 28.5. The maximum Gasteiger partial charge on any atom is 2.00 e. The van der Waals surface area contributed by atoms with Crippen LogP contribution in [0.5, 0.6) is 0 Å². The Hall–Kier alpha value is -2.63. The van der Waals surface area contributed by atoms with E-state index in [0.29, 0.717) is 0 Å². The molecule has 3 aromatic rings. The Morgan fingerprint density at radius 3 is 1.29 bits per heavy atom. The van der Waals surface area contributed by atoms with Crippen LogP contribution in [0.2, 0.25) is 0 Å². The van der Waals surface area contributed by atoms with Crippen LogP contribution < -0.4 is 9.97 Å². The van der Waals surface area contributed by atoms with Gasteiger partial charge in [0.2, 0.25) is 0 Å². The van der Waals surface area contributed by atoms with Crippen molar-refractivity contribution >= 4 is 68.4 Å². The molecule has 210 valence electrons. The molecule has 0 saturated heterocycles. The van der Waals surface area contributed by atoms with Gasteiger partial charge in [0, 0.05) is 0 Å². The van der Waals surface area contributed by atoms with Crippen LogP contribution >= 0.6 is 0 Å². The van der Waals surface area contributed by atoms with Gasteiger partial charge in [0.15, 0.2) is 0 Å². The van der Waals surface area contributed by atoms with Crippen molar-refractivity contribution in [1.82, 2.24) is 19.9 Å². The summed E-state index contributed by atoms with van der Waals surface area (Å²) in [5, 5.41) is 0. The van der Waals surface area contributed by atoms with E-state index in [1.807, 2.05) is 0 Å². The second-order valence-corrected chi connectivity index (χ2v) is 15.5. The summed E-state index contributed by atoms with van der Waals surface area (Å²) in [5.41, 5.74) is 12.2. The van der Waals surface area contributed by atoms with E-state index >= 15 is 0 Å². The molecule has 0 aromatic carbocycles. The van der Waals surface area contributed by atoms with Crippen molar-refractivity contribution in [1.29, 1.82) is 0 Å². The van der Waals surface area contributed by atoms with Crippen molar-refractivity contribution in [3.63, 3.8) is 0 Å². The number of nitrogens with zero attached hydrogens (tertiary/aromatic N) is 4. The van der Waals surface area contributed by atoms with Gasteiger partial charge in [0.05, 0.1) is 22.8 Å². The van der Waals surface area contributed by atoms with Gasteiger partial charge in [-0.3, -0.25) is 0 Å². The minimum atomic E-state index is -0.0633. The predicted octanol–water partition coefficient (Wildman–Crippen LogP) is 8.96. The van der Waals surface area contributed by atoms with Crippen molar-refractivity contribution in [3.8, 4) is 0 Å². The van der Waals surface area contributed by atoms with Crippen LogP contribution in [0.15, 0.2) is 36.4 Å². The Balaban J connectivity index is 0.00000387. The number of aromatic nitrogens is 4. The largest absolute Gasteiger partial charge is 2.00 e. The smallest absolute Gasteiger partial charge is 0.658 e. The summed E-state index contributed by atoms with van der Waals surface area (Å²) in [4.78, 5) is 20.5. The molecule has 4 nitrogen and oxygen atoms in total. The molecule has 2 aliphatic rings. The van der Waals surface area contributed by atoms with E-state index < -0.39 is 0 Å². The first-order valence-electron chi connectivity index (χ1n) is 14.4. The molecule has 0 saturated carbocycles. The number of hydrogen-bond donors (Lipinski definition) is 0. The van der Waals surface area contributed by atoms with Gasteiger partial charge < -0.3 is 9.97 Å². The van der Waals surface area contributed by atoms with Crippen LogP contribution in [0.25, 0.3) is 45.4 Å². The molecule has 0 fully saturated rings. The van der Waals surface area contributed by atoms with Gasteiger partial charge in [-0.05, 0) is 51.0 Å².